The van der Waals surface area contributed by atoms with E-state index in [-0.39, 0.29) is 11.8 Å². The molecule has 0 saturated carbocycles. The van der Waals surface area contributed by atoms with E-state index >= 15 is 0 Å². The van der Waals surface area contributed by atoms with Crippen LogP contribution < -0.4 is 0 Å². The lowest BCUT2D eigenvalue weighted by Crippen LogP contribution is -2.45. The van der Waals surface area contributed by atoms with E-state index in [0.29, 0.717) is 6.61 Å². The molecule has 2 unspecified atom stereocenters. The van der Waals surface area contributed by atoms with E-state index in [1.165, 1.54) is 0 Å². The molecule has 2 heteroatoms. The van der Waals surface area contributed by atoms with E-state index in [1.54, 1.807) is 7.11 Å². The van der Waals surface area contributed by atoms with Crippen molar-refractivity contribution in [1.29, 1.82) is 0 Å². The zero-order valence-electron chi connectivity index (χ0n) is 8.92. The van der Waals surface area contributed by atoms with Gasteiger partial charge in [-0.3, -0.25) is 0 Å². The molecule has 74 valence electrons. The van der Waals surface area contributed by atoms with Crippen molar-refractivity contribution >= 4 is 0 Å². The summed E-state index contributed by atoms with van der Waals surface area (Å²) in [6, 6.07) is 0. The monoisotopic (exact) mass is 174 g/mol. The average molecular weight is 174 g/mol. The first-order valence-corrected chi connectivity index (χ1v) is 4.70. The topological polar surface area (TPSA) is 29.5 Å². The number of hydrogen-bond donors (Lipinski definition) is 1. The van der Waals surface area contributed by atoms with E-state index in [1.807, 2.05) is 13.8 Å². The van der Waals surface area contributed by atoms with Crippen LogP contribution in [0.4, 0.5) is 0 Å². The standard InChI is InChI=1S/C10H22O2/c1-6-9(4)10(11,7-12-5)8(2)3/h8-9,11H,6-7H2,1-5H3. The Morgan fingerprint density at radius 2 is 1.83 bits per heavy atom. The minimum Gasteiger partial charge on any atom is -0.387 e. The van der Waals surface area contributed by atoms with Gasteiger partial charge in [-0.1, -0.05) is 34.1 Å². The van der Waals surface area contributed by atoms with Crippen LogP contribution in [-0.4, -0.2) is 24.4 Å². The summed E-state index contributed by atoms with van der Waals surface area (Å²) in [5, 5.41) is 10.2. The second-order valence-electron chi connectivity index (χ2n) is 3.89. The van der Waals surface area contributed by atoms with Crippen molar-refractivity contribution in [2.75, 3.05) is 13.7 Å². The van der Waals surface area contributed by atoms with Gasteiger partial charge in [0, 0.05) is 7.11 Å². The number of ether oxygens (including phenoxy) is 1. The van der Waals surface area contributed by atoms with Gasteiger partial charge in [-0.25, -0.2) is 0 Å². The first kappa shape index (κ1) is 11.9. The van der Waals surface area contributed by atoms with Crippen LogP contribution in [0.25, 0.3) is 0 Å². The van der Waals surface area contributed by atoms with Crippen molar-refractivity contribution in [2.45, 2.75) is 39.7 Å². The van der Waals surface area contributed by atoms with Crippen LogP contribution in [0.1, 0.15) is 34.1 Å². The summed E-state index contributed by atoms with van der Waals surface area (Å²) in [6.07, 6.45) is 0.984. The van der Waals surface area contributed by atoms with Gasteiger partial charge in [-0.15, -0.1) is 0 Å². The van der Waals surface area contributed by atoms with E-state index in [2.05, 4.69) is 13.8 Å². The molecule has 0 heterocycles. The van der Waals surface area contributed by atoms with Gasteiger partial charge in [0.2, 0.25) is 0 Å². The Morgan fingerprint density at radius 1 is 1.33 bits per heavy atom. The Kier molecular flexibility index (Phi) is 4.80. The maximum absolute atomic E-state index is 10.2. The van der Waals surface area contributed by atoms with Gasteiger partial charge in [0.1, 0.15) is 0 Å². The summed E-state index contributed by atoms with van der Waals surface area (Å²) in [5.74, 6) is 0.532. The van der Waals surface area contributed by atoms with Crippen LogP contribution in [0.3, 0.4) is 0 Å². The Morgan fingerprint density at radius 3 is 2.08 bits per heavy atom. The SMILES string of the molecule is CCC(C)C(O)(COC)C(C)C. The van der Waals surface area contributed by atoms with E-state index in [0.717, 1.165) is 6.42 Å². The van der Waals surface area contributed by atoms with Gasteiger partial charge in [-0.2, -0.15) is 0 Å². The van der Waals surface area contributed by atoms with E-state index in [4.69, 9.17) is 4.74 Å². The Bertz CT molecular complexity index is 123. The highest BCUT2D eigenvalue weighted by Gasteiger charge is 2.35. The summed E-state index contributed by atoms with van der Waals surface area (Å²) in [4.78, 5) is 0. The second-order valence-corrected chi connectivity index (χ2v) is 3.89. The summed E-state index contributed by atoms with van der Waals surface area (Å²) in [5.41, 5.74) is -0.663. The molecule has 0 aromatic heterocycles. The molecular weight excluding hydrogens is 152 g/mol. The molecule has 1 N–H and O–H groups in total. The second kappa shape index (κ2) is 4.83. The normalized spacial score (nSPS) is 19.2. The molecule has 0 saturated heterocycles. The summed E-state index contributed by atoms with van der Waals surface area (Å²) < 4.78 is 5.04. The van der Waals surface area contributed by atoms with Gasteiger partial charge >= 0.3 is 0 Å². The molecule has 0 fully saturated rings. The highest BCUT2D eigenvalue weighted by molar-refractivity contribution is 4.86. The van der Waals surface area contributed by atoms with Crippen LogP contribution in [0.15, 0.2) is 0 Å². The molecule has 12 heavy (non-hydrogen) atoms. The van der Waals surface area contributed by atoms with E-state index < -0.39 is 5.60 Å². The fourth-order valence-electron chi connectivity index (χ4n) is 1.46. The van der Waals surface area contributed by atoms with Crippen molar-refractivity contribution in [3.05, 3.63) is 0 Å². The fourth-order valence-corrected chi connectivity index (χ4v) is 1.46. The molecule has 0 aliphatic rings. The van der Waals surface area contributed by atoms with Gasteiger partial charge in [0.25, 0.3) is 0 Å². The Balaban J connectivity index is 4.37. The van der Waals surface area contributed by atoms with Crippen molar-refractivity contribution in [3.63, 3.8) is 0 Å². The third-order valence-corrected chi connectivity index (χ3v) is 2.84. The molecule has 0 radical (unpaired) electrons. The van der Waals surface area contributed by atoms with Crippen LogP contribution in [-0.2, 0) is 4.74 Å². The molecular formula is C10H22O2. The largest absolute Gasteiger partial charge is 0.387 e. The Labute approximate surface area is 75.9 Å². The maximum Gasteiger partial charge on any atom is 0.0927 e. The molecule has 0 amide bonds. The highest BCUT2D eigenvalue weighted by atomic mass is 16.5. The van der Waals surface area contributed by atoms with Crippen LogP contribution in [0.5, 0.6) is 0 Å². The molecule has 0 aromatic rings. The lowest BCUT2D eigenvalue weighted by atomic mass is 9.79. The smallest absolute Gasteiger partial charge is 0.0927 e. The minimum absolute atomic E-state index is 0.243. The molecule has 0 aromatic carbocycles. The van der Waals surface area contributed by atoms with Gasteiger partial charge in [0.05, 0.1) is 12.2 Å². The number of hydrogen-bond acceptors (Lipinski definition) is 2. The molecule has 2 nitrogen and oxygen atoms in total. The number of methoxy groups -OCH3 is 1. The number of rotatable bonds is 5. The highest BCUT2D eigenvalue weighted by Crippen LogP contribution is 2.28. The van der Waals surface area contributed by atoms with Crippen LogP contribution in [0.2, 0.25) is 0 Å². The predicted molar refractivity (Wildman–Crippen MR) is 51.1 cm³/mol. The van der Waals surface area contributed by atoms with E-state index in [9.17, 15) is 5.11 Å². The third kappa shape index (κ3) is 2.46. The molecule has 0 bridgehead atoms. The maximum atomic E-state index is 10.2. The lowest BCUT2D eigenvalue weighted by Gasteiger charge is -2.36. The first-order valence-electron chi connectivity index (χ1n) is 4.70. The molecule has 0 rings (SSSR count). The lowest BCUT2D eigenvalue weighted by molar-refractivity contribution is -0.102. The molecule has 2 atom stereocenters. The summed E-state index contributed by atoms with van der Waals surface area (Å²) in [6.45, 7) is 8.66. The van der Waals surface area contributed by atoms with Crippen molar-refractivity contribution in [1.82, 2.24) is 0 Å². The minimum atomic E-state index is -0.663. The zero-order chi connectivity index (χ0) is 9.78. The van der Waals surface area contributed by atoms with Gasteiger partial charge in [-0.05, 0) is 11.8 Å². The van der Waals surface area contributed by atoms with Crippen molar-refractivity contribution in [3.8, 4) is 0 Å². The van der Waals surface area contributed by atoms with Crippen LogP contribution in [0, 0.1) is 11.8 Å². The summed E-state index contributed by atoms with van der Waals surface area (Å²) in [7, 11) is 1.63. The predicted octanol–water partition coefficient (Wildman–Crippen LogP) is 2.07. The van der Waals surface area contributed by atoms with Gasteiger partial charge in [0.15, 0.2) is 0 Å². The quantitative estimate of drug-likeness (QED) is 0.691. The summed E-state index contributed by atoms with van der Waals surface area (Å²) >= 11 is 0. The fraction of sp³-hybridized carbons (Fsp3) is 1.00. The number of aliphatic hydroxyl groups is 1. The van der Waals surface area contributed by atoms with Crippen molar-refractivity contribution in [2.24, 2.45) is 11.8 Å². The molecule has 0 aliphatic carbocycles. The third-order valence-electron chi connectivity index (χ3n) is 2.84. The van der Waals surface area contributed by atoms with Crippen LogP contribution >= 0.6 is 0 Å². The zero-order valence-corrected chi connectivity index (χ0v) is 8.92. The first-order chi connectivity index (χ1) is 5.49. The Hall–Kier alpha value is -0.0800. The average Bonchev–Trinajstić information content (AvgIpc) is 2.03. The van der Waals surface area contributed by atoms with Gasteiger partial charge < -0.3 is 9.84 Å². The molecule has 0 aliphatic heterocycles. The molecule has 0 spiro atoms. The van der Waals surface area contributed by atoms with Crippen molar-refractivity contribution < 1.29 is 9.84 Å².